The van der Waals surface area contributed by atoms with Gasteiger partial charge in [-0.05, 0) is 25.5 Å². The molecule has 1 N–H and O–H groups in total. The molecule has 2 rings (SSSR count). The Kier molecular flexibility index (Phi) is 4.77. The van der Waals surface area contributed by atoms with E-state index in [1.165, 1.54) is 0 Å². The van der Waals surface area contributed by atoms with Crippen LogP contribution in [0.15, 0.2) is 6.07 Å². The summed E-state index contributed by atoms with van der Waals surface area (Å²) in [5.74, 6) is 2.25. The molecule has 1 aromatic carbocycles. The molecule has 1 fully saturated rings. The first-order valence-corrected chi connectivity index (χ1v) is 6.79. The lowest BCUT2D eigenvalue weighted by Gasteiger charge is -2.26. The van der Waals surface area contributed by atoms with E-state index in [9.17, 15) is 0 Å². The lowest BCUT2D eigenvalue weighted by Crippen LogP contribution is -2.28. The van der Waals surface area contributed by atoms with Crippen LogP contribution >= 0.6 is 11.6 Å². The summed E-state index contributed by atoms with van der Waals surface area (Å²) in [6, 6.07) is 1.97. The number of hydrogen-bond acceptors (Lipinski definition) is 4. The van der Waals surface area contributed by atoms with Gasteiger partial charge < -0.3 is 19.5 Å². The smallest absolute Gasteiger partial charge is 0.183 e. The Hall–Kier alpha value is -1.13. The molecule has 0 amide bonds. The highest BCUT2D eigenvalue weighted by Crippen LogP contribution is 2.47. The summed E-state index contributed by atoms with van der Waals surface area (Å²) in [6.07, 6.45) is 2.27. The Bertz CT molecular complexity index is 445. The zero-order valence-corrected chi connectivity index (χ0v) is 12.3. The minimum atomic E-state index is 0.390. The highest BCUT2D eigenvalue weighted by Gasteiger charge is 2.25. The van der Waals surface area contributed by atoms with E-state index in [4.69, 9.17) is 25.8 Å². The maximum atomic E-state index is 6.37. The molecule has 1 unspecified atom stereocenters. The standard InChI is InChI=1S/C14H20ClNO3/c1-17-11-7-10(9-5-4-6-16-8-9)13(18-2)12(15)14(11)19-3/h7,9,16H,4-6,8H2,1-3H3. The summed E-state index contributed by atoms with van der Waals surface area (Å²) < 4.78 is 16.1. The van der Waals surface area contributed by atoms with E-state index in [0.29, 0.717) is 28.2 Å². The maximum absolute atomic E-state index is 6.37. The van der Waals surface area contributed by atoms with Crippen LogP contribution in [-0.4, -0.2) is 34.4 Å². The summed E-state index contributed by atoms with van der Waals surface area (Å²) in [7, 11) is 4.82. The van der Waals surface area contributed by atoms with Gasteiger partial charge in [0.15, 0.2) is 11.5 Å². The minimum absolute atomic E-state index is 0.390. The van der Waals surface area contributed by atoms with Gasteiger partial charge in [0.25, 0.3) is 0 Å². The van der Waals surface area contributed by atoms with E-state index in [2.05, 4.69) is 5.32 Å². The maximum Gasteiger partial charge on any atom is 0.183 e. The average Bonchev–Trinajstić information content (AvgIpc) is 2.47. The first kappa shape index (κ1) is 14.3. The van der Waals surface area contributed by atoms with Crippen molar-refractivity contribution < 1.29 is 14.2 Å². The fraction of sp³-hybridized carbons (Fsp3) is 0.571. The van der Waals surface area contributed by atoms with Gasteiger partial charge in [0.2, 0.25) is 0 Å². The molecule has 5 heteroatoms. The Labute approximate surface area is 119 Å². The number of piperidine rings is 1. The SMILES string of the molecule is COc1cc(C2CCCNC2)c(OC)c(Cl)c1OC. The average molecular weight is 286 g/mol. The lowest BCUT2D eigenvalue weighted by atomic mass is 9.90. The van der Waals surface area contributed by atoms with Crippen molar-refractivity contribution in [3.63, 3.8) is 0 Å². The molecule has 4 nitrogen and oxygen atoms in total. The molecule has 1 aliphatic heterocycles. The van der Waals surface area contributed by atoms with Gasteiger partial charge in [-0.2, -0.15) is 0 Å². The summed E-state index contributed by atoms with van der Waals surface area (Å²) in [5.41, 5.74) is 1.08. The van der Waals surface area contributed by atoms with Crippen molar-refractivity contribution in [2.75, 3.05) is 34.4 Å². The Balaban J connectivity index is 2.49. The fourth-order valence-corrected chi connectivity index (χ4v) is 2.94. The minimum Gasteiger partial charge on any atom is -0.495 e. The Morgan fingerprint density at radius 2 is 1.89 bits per heavy atom. The normalized spacial score (nSPS) is 19.1. The molecule has 0 aromatic heterocycles. The summed E-state index contributed by atoms with van der Waals surface area (Å²) >= 11 is 6.37. The van der Waals surface area contributed by atoms with Crippen LogP contribution in [0.4, 0.5) is 0 Å². The first-order valence-electron chi connectivity index (χ1n) is 6.42. The van der Waals surface area contributed by atoms with Gasteiger partial charge in [-0.15, -0.1) is 0 Å². The van der Waals surface area contributed by atoms with Crippen LogP contribution in [0.3, 0.4) is 0 Å². The summed E-state index contributed by atoms with van der Waals surface area (Å²) in [4.78, 5) is 0. The van der Waals surface area contributed by atoms with Crippen LogP contribution in [0.5, 0.6) is 17.2 Å². The predicted octanol–water partition coefficient (Wildman–Crippen LogP) is 2.83. The molecule has 1 aromatic rings. The monoisotopic (exact) mass is 285 g/mol. The van der Waals surface area contributed by atoms with Gasteiger partial charge in [-0.25, -0.2) is 0 Å². The van der Waals surface area contributed by atoms with E-state index < -0.39 is 0 Å². The van der Waals surface area contributed by atoms with Gasteiger partial charge in [-0.3, -0.25) is 0 Å². The van der Waals surface area contributed by atoms with E-state index >= 15 is 0 Å². The molecule has 0 radical (unpaired) electrons. The molecule has 0 aliphatic carbocycles. The predicted molar refractivity (Wildman–Crippen MR) is 76.0 cm³/mol. The number of ether oxygens (including phenoxy) is 3. The Morgan fingerprint density at radius 1 is 1.16 bits per heavy atom. The largest absolute Gasteiger partial charge is 0.495 e. The summed E-state index contributed by atoms with van der Waals surface area (Å²) in [6.45, 7) is 2.00. The van der Waals surface area contributed by atoms with Crippen molar-refractivity contribution in [3.05, 3.63) is 16.7 Å². The molecule has 1 heterocycles. The quantitative estimate of drug-likeness (QED) is 0.923. The number of rotatable bonds is 4. The van der Waals surface area contributed by atoms with Crippen LogP contribution in [0.1, 0.15) is 24.3 Å². The number of halogens is 1. The van der Waals surface area contributed by atoms with Gasteiger partial charge >= 0.3 is 0 Å². The third kappa shape index (κ3) is 2.74. The van der Waals surface area contributed by atoms with Gasteiger partial charge in [-0.1, -0.05) is 11.6 Å². The lowest BCUT2D eigenvalue weighted by molar-refractivity contribution is 0.344. The first-order chi connectivity index (χ1) is 9.22. The van der Waals surface area contributed by atoms with Crippen molar-refractivity contribution in [1.29, 1.82) is 0 Å². The highest BCUT2D eigenvalue weighted by atomic mass is 35.5. The molecule has 1 atom stereocenters. The van der Waals surface area contributed by atoms with E-state index in [1.54, 1.807) is 21.3 Å². The van der Waals surface area contributed by atoms with Crippen molar-refractivity contribution >= 4 is 11.6 Å². The van der Waals surface area contributed by atoms with Gasteiger partial charge in [0, 0.05) is 18.0 Å². The molecule has 1 aliphatic rings. The number of benzene rings is 1. The van der Waals surface area contributed by atoms with Gasteiger partial charge in [0.1, 0.15) is 10.8 Å². The van der Waals surface area contributed by atoms with Crippen molar-refractivity contribution in [2.45, 2.75) is 18.8 Å². The molecule has 0 saturated carbocycles. The highest BCUT2D eigenvalue weighted by molar-refractivity contribution is 6.34. The van der Waals surface area contributed by atoms with Crippen molar-refractivity contribution in [1.82, 2.24) is 5.32 Å². The topological polar surface area (TPSA) is 39.7 Å². The van der Waals surface area contributed by atoms with E-state index in [0.717, 1.165) is 31.5 Å². The zero-order chi connectivity index (χ0) is 13.8. The molecule has 0 bridgehead atoms. The van der Waals surface area contributed by atoms with Crippen LogP contribution in [0.25, 0.3) is 0 Å². The molecule has 106 valence electrons. The van der Waals surface area contributed by atoms with E-state index in [1.807, 2.05) is 6.07 Å². The second kappa shape index (κ2) is 6.35. The second-order valence-corrected chi connectivity index (χ2v) is 4.97. The fourth-order valence-electron chi connectivity index (χ4n) is 2.58. The van der Waals surface area contributed by atoms with Crippen LogP contribution in [0, 0.1) is 0 Å². The molecule has 19 heavy (non-hydrogen) atoms. The van der Waals surface area contributed by atoms with Crippen molar-refractivity contribution in [2.24, 2.45) is 0 Å². The number of nitrogens with one attached hydrogen (secondary N) is 1. The van der Waals surface area contributed by atoms with Crippen LogP contribution in [-0.2, 0) is 0 Å². The van der Waals surface area contributed by atoms with Gasteiger partial charge in [0.05, 0.1) is 21.3 Å². The second-order valence-electron chi connectivity index (χ2n) is 4.59. The number of hydrogen-bond donors (Lipinski definition) is 1. The molecule has 0 spiro atoms. The molecule has 1 saturated heterocycles. The third-order valence-electron chi connectivity index (χ3n) is 3.54. The Morgan fingerprint density at radius 3 is 2.42 bits per heavy atom. The van der Waals surface area contributed by atoms with Crippen LogP contribution in [0.2, 0.25) is 5.02 Å². The third-order valence-corrected chi connectivity index (χ3v) is 3.88. The van der Waals surface area contributed by atoms with E-state index in [-0.39, 0.29) is 0 Å². The molecular formula is C14H20ClNO3. The zero-order valence-electron chi connectivity index (χ0n) is 11.6. The molecular weight excluding hydrogens is 266 g/mol. The van der Waals surface area contributed by atoms with Crippen molar-refractivity contribution in [3.8, 4) is 17.2 Å². The van der Waals surface area contributed by atoms with Crippen LogP contribution < -0.4 is 19.5 Å². The summed E-state index contributed by atoms with van der Waals surface area (Å²) in [5, 5.41) is 3.88. The number of methoxy groups -OCH3 is 3.